The van der Waals surface area contributed by atoms with Crippen molar-refractivity contribution in [3.63, 3.8) is 0 Å². The van der Waals surface area contributed by atoms with Crippen molar-refractivity contribution in [2.24, 2.45) is 0 Å². The average molecular weight is 704 g/mol. The van der Waals surface area contributed by atoms with Gasteiger partial charge in [-0.05, 0) is 67.3 Å². The average Bonchev–Trinajstić information content (AvgIpc) is 2.95. The van der Waals surface area contributed by atoms with Crippen LogP contribution in [0.4, 0.5) is 26.3 Å². The molecule has 4 aromatic rings. The molecule has 4 aromatic carbocycles. The van der Waals surface area contributed by atoms with E-state index in [4.69, 9.17) is 5.11 Å². The molecule has 0 saturated heterocycles. The summed E-state index contributed by atoms with van der Waals surface area (Å²) in [5, 5.41) is 9.05. The number of carbonyl (C=O) groups is 2. The Morgan fingerprint density at radius 2 is 1.07 bits per heavy atom. The van der Waals surface area contributed by atoms with Crippen LogP contribution in [0, 0.1) is 34.9 Å². The lowest BCUT2D eigenvalue weighted by Gasteiger charge is -2.12. The number of halogens is 8. The van der Waals surface area contributed by atoms with Crippen molar-refractivity contribution < 1.29 is 45.8 Å². The number of ether oxygens (including phenoxy) is 1. The predicted octanol–water partition coefficient (Wildman–Crippen LogP) is 8.40. The summed E-state index contributed by atoms with van der Waals surface area (Å²) in [6, 6.07) is 13.3. The van der Waals surface area contributed by atoms with E-state index >= 15 is 0 Å². The highest BCUT2D eigenvalue weighted by Crippen LogP contribution is 2.29. The summed E-state index contributed by atoms with van der Waals surface area (Å²) in [6.07, 6.45) is -0.600. The van der Waals surface area contributed by atoms with Crippen LogP contribution in [-0.4, -0.2) is 24.2 Å². The van der Waals surface area contributed by atoms with Crippen molar-refractivity contribution in [3.8, 4) is 0 Å². The van der Waals surface area contributed by atoms with Crippen molar-refractivity contribution in [2.75, 3.05) is 7.11 Å². The fourth-order valence-corrected chi connectivity index (χ4v) is 4.56. The van der Waals surface area contributed by atoms with E-state index in [1.165, 1.54) is 42.5 Å². The van der Waals surface area contributed by atoms with E-state index in [2.05, 4.69) is 36.6 Å². The molecule has 0 spiro atoms. The molecule has 0 amide bonds. The molecule has 0 heterocycles. The molecule has 0 saturated carbocycles. The topological polar surface area (TPSA) is 63.6 Å². The third-order valence-electron chi connectivity index (χ3n) is 5.81. The number of hydrogen-bond donors (Lipinski definition) is 1. The number of carboxylic acid groups (broad SMARTS) is 1. The van der Waals surface area contributed by atoms with Gasteiger partial charge in [-0.3, -0.25) is 0 Å². The van der Waals surface area contributed by atoms with E-state index in [0.29, 0.717) is 0 Å². The molecule has 0 unspecified atom stereocenters. The van der Waals surface area contributed by atoms with Crippen LogP contribution in [0.1, 0.15) is 43.0 Å². The summed E-state index contributed by atoms with van der Waals surface area (Å²) < 4.78 is 86.5. The second-order valence-corrected chi connectivity index (χ2v) is 10.1. The molecule has 12 heteroatoms. The third kappa shape index (κ3) is 7.36. The van der Waals surface area contributed by atoms with Gasteiger partial charge in [0.15, 0.2) is 23.3 Å². The first-order valence-corrected chi connectivity index (χ1v) is 13.1. The van der Waals surface area contributed by atoms with Gasteiger partial charge >= 0.3 is 11.9 Å². The number of hydrogen-bond acceptors (Lipinski definition) is 3. The quantitative estimate of drug-likeness (QED) is 0.125. The summed E-state index contributed by atoms with van der Waals surface area (Å²) in [5.74, 6) is -8.21. The van der Waals surface area contributed by atoms with Crippen molar-refractivity contribution >= 4 is 43.8 Å². The number of rotatable bonds is 6. The Balaban J connectivity index is 0.000000226. The van der Waals surface area contributed by atoms with Crippen LogP contribution in [0.2, 0.25) is 0 Å². The number of aromatic carboxylic acids is 1. The van der Waals surface area contributed by atoms with Crippen molar-refractivity contribution in [1.29, 1.82) is 0 Å². The zero-order chi connectivity index (χ0) is 30.4. The molecular formula is C29H18Br2F6O4. The summed E-state index contributed by atoms with van der Waals surface area (Å²) in [4.78, 5) is 22.8. The smallest absolute Gasteiger partial charge is 0.338 e. The van der Waals surface area contributed by atoms with E-state index in [1.54, 1.807) is 6.07 Å². The molecule has 41 heavy (non-hydrogen) atoms. The first-order valence-electron chi connectivity index (χ1n) is 11.5. The summed E-state index contributed by atoms with van der Waals surface area (Å²) >= 11 is 5.58. The molecule has 0 bridgehead atoms. The Kier molecular flexibility index (Phi) is 10.7. The zero-order valence-electron chi connectivity index (χ0n) is 20.9. The standard InChI is InChI=1S/C15H10BrF3O2.C14H8BrF3O2/c1-21-15(20)10-7-11(16)14(19)13(18)9(10)6-8-4-2-3-5-12(8)17;15-10-6-9(14(19)20)8(12(17)13(10)18)5-7-3-1-2-4-11(7)16/h2-5,7H,6H2,1H3;1-4,6H,5H2,(H,19,20). The molecule has 4 nitrogen and oxygen atoms in total. The van der Waals surface area contributed by atoms with Crippen LogP contribution in [0.3, 0.4) is 0 Å². The molecule has 0 aromatic heterocycles. The second-order valence-electron chi connectivity index (χ2n) is 8.36. The van der Waals surface area contributed by atoms with Gasteiger partial charge < -0.3 is 9.84 Å². The molecule has 0 radical (unpaired) electrons. The highest BCUT2D eigenvalue weighted by Gasteiger charge is 2.24. The van der Waals surface area contributed by atoms with E-state index in [9.17, 15) is 35.9 Å². The van der Waals surface area contributed by atoms with Gasteiger partial charge in [0.2, 0.25) is 0 Å². The molecule has 0 atom stereocenters. The minimum absolute atomic E-state index is 0.0932. The van der Waals surface area contributed by atoms with E-state index in [1.807, 2.05) is 0 Å². The van der Waals surface area contributed by atoms with Crippen molar-refractivity contribution in [3.05, 3.63) is 138 Å². The molecular weight excluding hydrogens is 686 g/mol. The van der Waals surface area contributed by atoms with Gasteiger partial charge in [-0.1, -0.05) is 36.4 Å². The first kappa shape index (κ1) is 31.9. The van der Waals surface area contributed by atoms with Gasteiger partial charge in [0.05, 0.1) is 27.2 Å². The molecule has 0 aliphatic carbocycles. The Bertz CT molecular complexity index is 1630. The molecule has 0 aliphatic heterocycles. The SMILES string of the molecule is COC(=O)c1cc(Br)c(F)c(F)c1Cc1ccccc1F.O=C(O)c1cc(Br)c(F)c(F)c1Cc1ccccc1F. The van der Waals surface area contributed by atoms with E-state index in [-0.39, 0.29) is 49.6 Å². The highest BCUT2D eigenvalue weighted by molar-refractivity contribution is 9.10. The molecule has 214 valence electrons. The highest BCUT2D eigenvalue weighted by atomic mass is 79.9. The Hall–Kier alpha value is -3.64. The van der Waals surface area contributed by atoms with Gasteiger partial charge in [0.1, 0.15) is 11.6 Å². The van der Waals surface area contributed by atoms with Crippen LogP contribution >= 0.6 is 31.9 Å². The van der Waals surface area contributed by atoms with Crippen LogP contribution in [0.5, 0.6) is 0 Å². The maximum absolute atomic E-state index is 14.1. The fourth-order valence-electron chi connectivity index (χ4n) is 3.76. The summed E-state index contributed by atoms with van der Waals surface area (Å²) in [6.45, 7) is 0. The fraction of sp³-hybridized carbons (Fsp3) is 0.103. The Morgan fingerprint density at radius 1 is 0.683 bits per heavy atom. The Morgan fingerprint density at radius 3 is 1.46 bits per heavy atom. The van der Waals surface area contributed by atoms with Crippen LogP contribution in [0.15, 0.2) is 69.6 Å². The lowest BCUT2D eigenvalue weighted by Crippen LogP contribution is -2.11. The third-order valence-corrected chi connectivity index (χ3v) is 6.97. The molecule has 0 aliphatic rings. The Labute approximate surface area is 246 Å². The minimum atomic E-state index is -1.41. The lowest BCUT2D eigenvalue weighted by atomic mass is 9.98. The van der Waals surface area contributed by atoms with Crippen LogP contribution in [0.25, 0.3) is 0 Å². The zero-order valence-corrected chi connectivity index (χ0v) is 24.1. The van der Waals surface area contributed by atoms with Gasteiger partial charge in [-0.2, -0.15) is 0 Å². The van der Waals surface area contributed by atoms with Crippen molar-refractivity contribution in [2.45, 2.75) is 12.8 Å². The number of esters is 1. The lowest BCUT2D eigenvalue weighted by molar-refractivity contribution is 0.0597. The summed E-state index contributed by atoms with van der Waals surface area (Å²) in [7, 11) is 1.13. The largest absolute Gasteiger partial charge is 0.478 e. The van der Waals surface area contributed by atoms with Gasteiger partial charge in [-0.15, -0.1) is 0 Å². The molecule has 4 rings (SSSR count). The predicted molar refractivity (Wildman–Crippen MR) is 145 cm³/mol. The number of methoxy groups -OCH3 is 1. The number of carbonyl (C=O) groups excluding carboxylic acids is 1. The monoisotopic (exact) mass is 702 g/mol. The maximum atomic E-state index is 14.1. The summed E-state index contributed by atoms with van der Waals surface area (Å²) in [5.41, 5.74) is -0.930. The van der Waals surface area contributed by atoms with Gasteiger partial charge in [0, 0.05) is 24.0 Å². The van der Waals surface area contributed by atoms with E-state index in [0.717, 1.165) is 19.2 Å². The molecule has 0 fully saturated rings. The van der Waals surface area contributed by atoms with Crippen molar-refractivity contribution in [1.82, 2.24) is 0 Å². The second kappa shape index (κ2) is 13.8. The van der Waals surface area contributed by atoms with Crippen LogP contribution in [-0.2, 0) is 17.6 Å². The molecule has 1 N–H and O–H groups in total. The van der Waals surface area contributed by atoms with Crippen LogP contribution < -0.4 is 0 Å². The minimum Gasteiger partial charge on any atom is -0.478 e. The van der Waals surface area contributed by atoms with Gasteiger partial charge in [0.25, 0.3) is 0 Å². The normalized spacial score (nSPS) is 10.6. The number of benzene rings is 4. The first-order chi connectivity index (χ1) is 19.4. The number of carboxylic acids is 1. The maximum Gasteiger partial charge on any atom is 0.338 e. The van der Waals surface area contributed by atoms with E-state index < -0.39 is 52.4 Å². The van der Waals surface area contributed by atoms with Gasteiger partial charge in [-0.25, -0.2) is 35.9 Å².